The van der Waals surface area contributed by atoms with Gasteiger partial charge in [-0.05, 0) is 75.9 Å². The average Bonchev–Trinajstić information content (AvgIpc) is 3.44. The van der Waals surface area contributed by atoms with Gasteiger partial charge in [-0.25, -0.2) is 14.4 Å². The summed E-state index contributed by atoms with van der Waals surface area (Å²) in [6.45, 7) is 4.93. The van der Waals surface area contributed by atoms with E-state index >= 15 is 0 Å². The molecule has 0 saturated heterocycles. The van der Waals surface area contributed by atoms with Crippen molar-refractivity contribution < 1.29 is 19.4 Å². The maximum atomic E-state index is 13.5. The van der Waals surface area contributed by atoms with E-state index in [1.54, 1.807) is 49.6 Å². The third kappa shape index (κ3) is 4.06. The lowest BCUT2D eigenvalue weighted by molar-refractivity contribution is -0.121. The second kappa shape index (κ2) is 7.14. The van der Waals surface area contributed by atoms with Crippen LogP contribution >= 0.6 is 0 Å². The Morgan fingerprint density at radius 2 is 1.80 bits per heavy atom. The van der Waals surface area contributed by atoms with Crippen molar-refractivity contribution in [2.75, 3.05) is 5.32 Å². The van der Waals surface area contributed by atoms with Crippen molar-refractivity contribution in [3.05, 3.63) is 47.9 Å². The Labute approximate surface area is 173 Å². The van der Waals surface area contributed by atoms with Crippen LogP contribution in [0, 0.1) is 11.7 Å². The van der Waals surface area contributed by atoms with Crippen molar-refractivity contribution in [3.8, 4) is 5.69 Å². The summed E-state index contributed by atoms with van der Waals surface area (Å²) < 4.78 is 15.1. The molecule has 0 radical (unpaired) electrons. The molecule has 8 heteroatoms. The number of anilines is 1. The number of nitrogens with zero attached hydrogens (tertiary/aromatic N) is 3. The molecule has 1 aromatic carbocycles. The number of imidazole rings is 1. The number of amides is 1. The van der Waals surface area contributed by atoms with Gasteiger partial charge < -0.3 is 10.2 Å². The van der Waals surface area contributed by atoms with Gasteiger partial charge in [-0.2, -0.15) is 0 Å². The molecule has 0 bridgehead atoms. The molecule has 1 aliphatic rings. The van der Waals surface area contributed by atoms with Gasteiger partial charge in [-0.1, -0.05) is 0 Å². The molecule has 3 aromatic rings. The Balaban J connectivity index is 1.76. The molecule has 4 rings (SSSR count). The normalized spacial score (nSPS) is 16.5. The number of carbonyl (C=O) groups is 1. The van der Waals surface area contributed by atoms with E-state index in [9.17, 15) is 19.4 Å². The van der Waals surface area contributed by atoms with Crippen molar-refractivity contribution in [3.63, 3.8) is 0 Å². The van der Waals surface area contributed by atoms with Crippen LogP contribution in [0.2, 0.25) is 0 Å². The van der Waals surface area contributed by atoms with Gasteiger partial charge >= 0.3 is 0 Å². The first-order valence-electron chi connectivity index (χ1n) is 9.95. The van der Waals surface area contributed by atoms with Gasteiger partial charge in [0, 0.05) is 0 Å². The molecule has 158 valence electrons. The zero-order valence-corrected chi connectivity index (χ0v) is 17.2. The Bertz CT molecular complexity index is 1100. The molecule has 0 aliphatic heterocycles. The van der Waals surface area contributed by atoms with Crippen LogP contribution in [0.5, 0.6) is 0 Å². The molecule has 0 spiro atoms. The van der Waals surface area contributed by atoms with E-state index in [-0.39, 0.29) is 30.0 Å². The zero-order chi connectivity index (χ0) is 21.7. The molecule has 7 nitrogen and oxygen atoms in total. The minimum atomic E-state index is -1.17. The number of hydrogen-bond donors (Lipinski definition) is 3. The molecule has 3 N–H and O–H groups in total. The maximum absolute atomic E-state index is 13.5. The number of carbonyl (C=O) groups excluding carboxylic acids is 1. The Morgan fingerprint density at radius 3 is 2.40 bits per heavy atom. The first-order valence-corrected chi connectivity index (χ1v) is 9.95. The highest BCUT2D eigenvalue weighted by Gasteiger charge is 2.41. The van der Waals surface area contributed by atoms with Crippen molar-refractivity contribution in [1.29, 1.82) is 0 Å². The summed E-state index contributed by atoms with van der Waals surface area (Å²) in [5.74, 6) is -0.406. The molecule has 1 fully saturated rings. The number of pyridine rings is 1. The molecule has 2 heterocycles. The highest BCUT2D eigenvalue weighted by molar-refractivity contribution is 5.92. The molecule has 2 aromatic heterocycles. The van der Waals surface area contributed by atoms with Crippen molar-refractivity contribution in [2.45, 2.75) is 51.2 Å². The topological polar surface area (TPSA) is 100 Å². The standard InChI is InChI=1S/C22H25FN4O3/c1-21(2,29)17-11-10-16-19(25-17)27(15-8-6-14(23)7-9-15)20(24-16)26-18(28)12-22(3,30)13-4-5-13/h6-11,13,29-30H,4-5,12H2,1-3H3,(H,24,26,28). The van der Waals surface area contributed by atoms with Crippen molar-refractivity contribution >= 4 is 23.0 Å². The summed E-state index contributed by atoms with van der Waals surface area (Å²) in [5.41, 5.74) is -0.305. The number of fused-ring (bicyclic) bond motifs is 1. The molecule has 1 unspecified atom stereocenters. The van der Waals surface area contributed by atoms with E-state index in [4.69, 9.17) is 0 Å². The summed E-state index contributed by atoms with van der Waals surface area (Å²) >= 11 is 0. The minimum absolute atomic E-state index is 0.0490. The Kier molecular flexibility index (Phi) is 4.86. The number of benzene rings is 1. The van der Waals surface area contributed by atoms with Crippen LogP contribution in [-0.2, 0) is 10.4 Å². The fourth-order valence-corrected chi connectivity index (χ4v) is 3.56. The second-order valence-electron chi connectivity index (χ2n) is 8.70. The highest BCUT2D eigenvalue weighted by Crippen LogP contribution is 2.41. The molecular weight excluding hydrogens is 387 g/mol. The van der Waals surface area contributed by atoms with Crippen molar-refractivity contribution in [2.24, 2.45) is 5.92 Å². The lowest BCUT2D eigenvalue weighted by Gasteiger charge is -2.22. The summed E-state index contributed by atoms with van der Waals surface area (Å²) in [6, 6.07) is 9.13. The predicted octanol–water partition coefficient (Wildman–Crippen LogP) is 3.28. The van der Waals surface area contributed by atoms with E-state index in [1.807, 2.05) is 0 Å². The number of aromatic nitrogens is 3. The quantitative estimate of drug-likeness (QED) is 0.577. The van der Waals surface area contributed by atoms with Crippen LogP contribution in [0.3, 0.4) is 0 Å². The smallest absolute Gasteiger partial charge is 0.229 e. The number of aliphatic hydroxyl groups is 2. The zero-order valence-electron chi connectivity index (χ0n) is 17.2. The monoisotopic (exact) mass is 412 g/mol. The minimum Gasteiger partial charge on any atom is -0.389 e. The molecule has 30 heavy (non-hydrogen) atoms. The average molecular weight is 412 g/mol. The van der Waals surface area contributed by atoms with Crippen LogP contribution < -0.4 is 5.32 Å². The molecule has 1 aliphatic carbocycles. The van der Waals surface area contributed by atoms with E-state index in [2.05, 4.69) is 15.3 Å². The lowest BCUT2D eigenvalue weighted by Crippen LogP contribution is -2.33. The van der Waals surface area contributed by atoms with Gasteiger partial charge in [-0.15, -0.1) is 0 Å². The Morgan fingerprint density at radius 1 is 1.13 bits per heavy atom. The molecular formula is C22H25FN4O3. The van der Waals surface area contributed by atoms with Gasteiger partial charge in [-0.3, -0.25) is 14.7 Å². The van der Waals surface area contributed by atoms with E-state index in [0.717, 1.165) is 12.8 Å². The van der Waals surface area contributed by atoms with Gasteiger partial charge in [0.1, 0.15) is 16.9 Å². The molecule has 1 atom stereocenters. The van der Waals surface area contributed by atoms with Crippen LogP contribution in [0.1, 0.15) is 45.7 Å². The predicted molar refractivity (Wildman–Crippen MR) is 111 cm³/mol. The fraction of sp³-hybridized carbons (Fsp3) is 0.409. The summed E-state index contributed by atoms with van der Waals surface area (Å²) in [4.78, 5) is 21.7. The van der Waals surface area contributed by atoms with E-state index < -0.39 is 11.2 Å². The third-order valence-electron chi connectivity index (χ3n) is 5.44. The summed E-state index contributed by atoms with van der Waals surface area (Å²) in [5, 5.41) is 23.6. The van der Waals surface area contributed by atoms with Gasteiger partial charge in [0.2, 0.25) is 11.9 Å². The lowest BCUT2D eigenvalue weighted by atomic mass is 9.96. The maximum Gasteiger partial charge on any atom is 0.229 e. The largest absolute Gasteiger partial charge is 0.389 e. The molecule has 1 amide bonds. The van der Waals surface area contributed by atoms with E-state index in [0.29, 0.717) is 22.5 Å². The summed E-state index contributed by atoms with van der Waals surface area (Å²) in [6.07, 6.45) is 1.78. The van der Waals surface area contributed by atoms with Gasteiger partial charge in [0.05, 0.1) is 23.4 Å². The SMILES string of the molecule is CC(C)(O)c1ccc2nc(NC(=O)CC(C)(O)C3CC3)n(-c3ccc(F)cc3)c2n1. The number of rotatable bonds is 6. The van der Waals surface area contributed by atoms with E-state index in [1.165, 1.54) is 12.1 Å². The Hall–Kier alpha value is -2.84. The second-order valence-corrected chi connectivity index (χ2v) is 8.70. The van der Waals surface area contributed by atoms with Crippen LogP contribution in [0.15, 0.2) is 36.4 Å². The first-order chi connectivity index (χ1) is 14.0. The highest BCUT2D eigenvalue weighted by atomic mass is 19.1. The number of halogens is 1. The van der Waals surface area contributed by atoms with Gasteiger partial charge in [0.15, 0.2) is 5.65 Å². The number of hydrogen-bond acceptors (Lipinski definition) is 5. The third-order valence-corrected chi connectivity index (χ3v) is 5.44. The van der Waals surface area contributed by atoms with Gasteiger partial charge in [0.25, 0.3) is 0 Å². The number of nitrogens with one attached hydrogen (secondary N) is 1. The first kappa shape index (κ1) is 20.4. The molecule has 1 saturated carbocycles. The van der Waals surface area contributed by atoms with Crippen LogP contribution in [0.25, 0.3) is 16.9 Å². The van der Waals surface area contributed by atoms with Crippen molar-refractivity contribution in [1.82, 2.24) is 14.5 Å². The fourth-order valence-electron chi connectivity index (χ4n) is 3.56. The van der Waals surface area contributed by atoms with Crippen LogP contribution in [-0.4, -0.2) is 36.3 Å². The van der Waals surface area contributed by atoms with Crippen LogP contribution in [0.4, 0.5) is 10.3 Å². The summed E-state index contributed by atoms with van der Waals surface area (Å²) in [7, 11) is 0.